The Labute approximate surface area is 88.7 Å². The van der Waals surface area contributed by atoms with E-state index in [0.717, 1.165) is 10.9 Å². The molecule has 0 amide bonds. The van der Waals surface area contributed by atoms with E-state index in [1.54, 1.807) is 0 Å². The maximum Gasteiger partial charge on any atom is 0.0486 e. The maximum atomic E-state index is 8.77. The normalized spacial score (nSPS) is 10.5. The Morgan fingerprint density at radius 2 is 1.80 bits per heavy atom. The van der Waals surface area contributed by atoms with E-state index in [0.29, 0.717) is 12.1 Å². The molecule has 2 aromatic carbocycles. The number of hydrogen-bond donors (Lipinski definition) is 2. The molecule has 0 heterocycles. The highest BCUT2D eigenvalue weighted by molar-refractivity contribution is 6.01. The monoisotopic (exact) mass is 199 g/mol. The lowest BCUT2D eigenvalue weighted by Gasteiger charge is -2.04. The van der Waals surface area contributed by atoms with E-state index in [9.17, 15) is 0 Å². The van der Waals surface area contributed by atoms with Crippen LogP contribution in [0.25, 0.3) is 10.8 Å². The van der Waals surface area contributed by atoms with Gasteiger partial charge in [-0.25, -0.2) is 0 Å². The molecule has 76 valence electrons. The summed E-state index contributed by atoms with van der Waals surface area (Å²) in [5.74, 6) is 0. The predicted octanol–water partition coefficient (Wildman–Crippen LogP) is 2.59. The lowest BCUT2D eigenvalue weighted by atomic mass is 10.0. The van der Waals surface area contributed by atoms with Gasteiger partial charge in [0.05, 0.1) is 0 Å². The zero-order chi connectivity index (χ0) is 10.7. The van der Waals surface area contributed by atoms with Gasteiger partial charge in [0.15, 0.2) is 0 Å². The molecule has 2 nitrogen and oxygen atoms in total. The summed E-state index contributed by atoms with van der Waals surface area (Å²) in [6.07, 6.45) is 0.415. The number of aliphatic hydroxyl groups excluding tert-OH is 1. The summed E-state index contributed by atoms with van der Waals surface area (Å²) in [6, 6.07) is 14.0. The van der Waals surface area contributed by atoms with E-state index in [4.69, 9.17) is 10.5 Å². The second-order valence-corrected chi connectivity index (χ2v) is 3.51. The zero-order valence-electron chi connectivity index (χ0n) is 8.40. The van der Waals surface area contributed by atoms with Crippen LogP contribution in [0, 0.1) is 5.41 Å². The Bertz CT molecular complexity index is 491. The summed E-state index contributed by atoms with van der Waals surface area (Å²) in [7, 11) is 0. The molecule has 0 bridgehead atoms. The average Bonchev–Trinajstić information content (AvgIpc) is 2.29. The number of benzene rings is 2. The minimum absolute atomic E-state index is 0.0334. The van der Waals surface area contributed by atoms with Gasteiger partial charge in [-0.15, -0.1) is 0 Å². The molecule has 2 aromatic rings. The molecular weight excluding hydrogens is 186 g/mol. The van der Waals surface area contributed by atoms with E-state index in [-0.39, 0.29) is 6.61 Å². The summed E-state index contributed by atoms with van der Waals surface area (Å²) in [5.41, 5.74) is 1.38. The Morgan fingerprint density at radius 3 is 2.53 bits per heavy atom. The summed E-state index contributed by atoms with van der Waals surface area (Å²) in [4.78, 5) is 0. The highest BCUT2D eigenvalue weighted by atomic mass is 16.3. The molecule has 2 N–H and O–H groups in total. The minimum Gasteiger partial charge on any atom is -0.396 e. The van der Waals surface area contributed by atoms with E-state index in [1.165, 1.54) is 5.39 Å². The number of aliphatic hydroxyl groups is 1. The third kappa shape index (κ3) is 2.05. The van der Waals surface area contributed by atoms with Crippen LogP contribution in [-0.4, -0.2) is 17.4 Å². The molecule has 0 saturated carbocycles. The lowest BCUT2D eigenvalue weighted by molar-refractivity contribution is 0.307. The molecule has 15 heavy (non-hydrogen) atoms. The molecule has 2 rings (SSSR count). The first-order chi connectivity index (χ1) is 7.31. The summed E-state index contributed by atoms with van der Waals surface area (Å²) in [5, 5.41) is 18.8. The van der Waals surface area contributed by atoms with Crippen molar-refractivity contribution >= 4 is 16.5 Å². The molecule has 0 aliphatic rings. The molecule has 0 saturated heterocycles. The van der Waals surface area contributed by atoms with Crippen LogP contribution in [0.5, 0.6) is 0 Å². The van der Waals surface area contributed by atoms with Crippen molar-refractivity contribution in [2.45, 2.75) is 6.42 Å². The molecule has 2 heteroatoms. The van der Waals surface area contributed by atoms with Gasteiger partial charge in [-0.1, -0.05) is 36.4 Å². The molecule has 0 unspecified atom stereocenters. The first kappa shape index (κ1) is 9.87. The van der Waals surface area contributed by atoms with Crippen molar-refractivity contribution in [2.24, 2.45) is 0 Å². The van der Waals surface area contributed by atoms with Crippen molar-refractivity contribution in [3.63, 3.8) is 0 Å². The van der Waals surface area contributed by atoms with Crippen LogP contribution in [0.3, 0.4) is 0 Å². The Kier molecular flexibility index (Phi) is 2.79. The van der Waals surface area contributed by atoms with E-state index in [1.807, 2.05) is 36.4 Å². The standard InChI is InChI=1S/C13H13NO/c14-13(7-8-15)12-6-5-10-3-1-2-4-11(10)9-12/h1-6,9,14-15H,7-8H2. The Hall–Kier alpha value is -1.67. The molecule has 0 aromatic heterocycles. The van der Waals surface area contributed by atoms with Crippen molar-refractivity contribution in [1.82, 2.24) is 0 Å². The maximum absolute atomic E-state index is 8.77. The summed E-state index contributed by atoms with van der Waals surface area (Å²) >= 11 is 0. The van der Waals surface area contributed by atoms with Gasteiger partial charge >= 0.3 is 0 Å². The van der Waals surface area contributed by atoms with Crippen molar-refractivity contribution < 1.29 is 5.11 Å². The highest BCUT2D eigenvalue weighted by Crippen LogP contribution is 2.16. The van der Waals surface area contributed by atoms with E-state index >= 15 is 0 Å². The smallest absolute Gasteiger partial charge is 0.0486 e. The van der Waals surface area contributed by atoms with E-state index < -0.39 is 0 Å². The SMILES string of the molecule is N=C(CCO)c1ccc2ccccc2c1. The topological polar surface area (TPSA) is 44.1 Å². The lowest BCUT2D eigenvalue weighted by Crippen LogP contribution is -2.01. The van der Waals surface area contributed by atoms with Crippen LogP contribution >= 0.6 is 0 Å². The molecule has 0 atom stereocenters. The fraction of sp³-hybridized carbons (Fsp3) is 0.154. The average molecular weight is 199 g/mol. The number of fused-ring (bicyclic) bond motifs is 1. The van der Waals surface area contributed by atoms with Gasteiger partial charge in [0.25, 0.3) is 0 Å². The van der Waals surface area contributed by atoms with Crippen LogP contribution in [0.2, 0.25) is 0 Å². The third-order valence-electron chi connectivity index (χ3n) is 2.46. The summed E-state index contributed by atoms with van der Waals surface area (Å²) < 4.78 is 0. The van der Waals surface area contributed by atoms with Gasteiger partial charge < -0.3 is 10.5 Å². The first-order valence-electron chi connectivity index (χ1n) is 4.99. The number of nitrogens with one attached hydrogen (secondary N) is 1. The van der Waals surface area contributed by atoms with Crippen molar-refractivity contribution in [2.75, 3.05) is 6.61 Å². The van der Waals surface area contributed by atoms with Gasteiger partial charge in [-0.05, 0) is 22.4 Å². The van der Waals surface area contributed by atoms with Gasteiger partial charge in [-0.2, -0.15) is 0 Å². The van der Waals surface area contributed by atoms with Gasteiger partial charge in [-0.3, -0.25) is 0 Å². The second-order valence-electron chi connectivity index (χ2n) is 3.51. The second kappa shape index (κ2) is 4.24. The van der Waals surface area contributed by atoms with Crippen molar-refractivity contribution in [1.29, 1.82) is 5.41 Å². The molecule has 0 aliphatic carbocycles. The quantitative estimate of drug-likeness (QED) is 0.733. The largest absolute Gasteiger partial charge is 0.396 e. The van der Waals surface area contributed by atoms with Crippen LogP contribution in [0.15, 0.2) is 42.5 Å². The summed E-state index contributed by atoms with van der Waals surface area (Å²) in [6.45, 7) is 0.0334. The van der Waals surface area contributed by atoms with Crippen LogP contribution in [0.1, 0.15) is 12.0 Å². The van der Waals surface area contributed by atoms with E-state index in [2.05, 4.69) is 6.07 Å². The molecule has 0 radical (unpaired) electrons. The highest BCUT2D eigenvalue weighted by Gasteiger charge is 2.01. The number of rotatable bonds is 3. The number of hydrogen-bond acceptors (Lipinski definition) is 2. The van der Waals surface area contributed by atoms with Crippen LogP contribution < -0.4 is 0 Å². The van der Waals surface area contributed by atoms with Crippen molar-refractivity contribution in [3.05, 3.63) is 48.0 Å². The van der Waals surface area contributed by atoms with Gasteiger partial charge in [0.2, 0.25) is 0 Å². The fourth-order valence-electron chi connectivity index (χ4n) is 1.63. The molecule has 0 aliphatic heterocycles. The Balaban J connectivity index is 2.42. The van der Waals surface area contributed by atoms with Gasteiger partial charge in [0, 0.05) is 18.7 Å². The fourth-order valence-corrected chi connectivity index (χ4v) is 1.63. The zero-order valence-corrected chi connectivity index (χ0v) is 8.40. The Morgan fingerprint density at radius 1 is 1.07 bits per heavy atom. The first-order valence-corrected chi connectivity index (χ1v) is 4.99. The molecule has 0 spiro atoms. The third-order valence-corrected chi connectivity index (χ3v) is 2.46. The van der Waals surface area contributed by atoms with Crippen molar-refractivity contribution in [3.8, 4) is 0 Å². The minimum atomic E-state index is 0.0334. The molecule has 0 fully saturated rings. The predicted molar refractivity (Wildman–Crippen MR) is 62.5 cm³/mol. The molecular formula is C13H13NO. The van der Waals surface area contributed by atoms with Crippen LogP contribution in [0.4, 0.5) is 0 Å². The van der Waals surface area contributed by atoms with Crippen LogP contribution in [-0.2, 0) is 0 Å². The van der Waals surface area contributed by atoms with Gasteiger partial charge in [0.1, 0.15) is 0 Å².